The fourth-order valence-electron chi connectivity index (χ4n) is 3.54. The summed E-state index contributed by atoms with van der Waals surface area (Å²) in [6.45, 7) is 8.70. The number of nitrogens with one attached hydrogen (secondary N) is 2. The Morgan fingerprint density at radius 3 is 1.41 bits per heavy atom. The molecule has 1 aliphatic heterocycles. The average molecular weight is 395 g/mol. The number of hydrogen-bond acceptors (Lipinski definition) is 6. The second-order valence-corrected chi connectivity index (χ2v) is 6.95. The average Bonchev–Trinajstić information content (AvgIpc) is 3.01. The number of nitrogens with zero attached hydrogens (tertiary/aromatic N) is 2. The first kappa shape index (κ1) is 20.7. The summed E-state index contributed by atoms with van der Waals surface area (Å²) in [4.78, 5) is 4.79. The van der Waals surface area contributed by atoms with Gasteiger partial charge in [-0.1, -0.05) is 0 Å². The third-order valence-electron chi connectivity index (χ3n) is 5.06. The minimum Gasteiger partial charge on any atom is -0.478 e. The molecular formula is C23H30N4O2. The van der Waals surface area contributed by atoms with E-state index in [1.54, 1.807) is 0 Å². The van der Waals surface area contributed by atoms with Crippen LogP contribution < -0.4 is 9.80 Å². The van der Waals surface area contributed by atoms with Gasteiger partial charge >= 0.3 is 0 Å². The molecule has 0 spiro atoms. The molecule has 1 fully saturated rings. The normalized spacial score (nSPS) is 14.3. The van der Waals surface area contributed by atoms with Gasteiger partial charge < -0.3 is 19.3 Å². The molecular weight excluding hydrogens is 364 g/mol. The molecule has 1 saturated heterocycles. The Morgan fingerprint density at radius 1 is 0.690 bits per heavy atom. The van der Waals surface area contributed by atoms with Crippen molar-refractivity contribution in [3.05, 3.63) is 59.7 Å². The van der Waals surface area contributed by atoms with Crippen molar-refractivity contribution in [2.45, 2.75) is 20.3 Å². The van der Waals surface area contributed by atoms with Crippen LogP contribution in [0.5, 0.6) is 0 Å². The summed E-state index contributed by atoms with van der Waals surface area (Å²) < 4.78 is 10.5. The second kappa shape index (κ2) is 9.96. The van der Waals surface area contributed by atoms with Gasteiger partial charge in [-0.2, -0.15) is 0 Å². The van der Waals surface area contributed by atoms with Crippen LogP contribution in [0.4, 0.5) is 11.4 Å². The Kier molecular flexibility index (Phi) is 7.11. The van der Waals surface area contributed by atoms with Crippen molar-refractivity contribution in [1.82, 2.24) is 0 Å². The second-order valence-electron chi connectivity index (χ2n) is 6.95. The van der Waals surface area contributed by atoms with E-state index in [1.807, 2.05) is 38.1 Å². The monoisotopic (exact) mass is 394 g/mol. The first-order valence-corrected chi connectivity index (χ1v) is 10.3. The van der Waals surface area contributed by atoms with E-state index >= 15 is 0 Å². The molecule has 0 atom stereocenters. The highest BCUT2D eigenvalue weighted by molar-refractivity contribution is 5.92. The Hall–Kier alpha value is -3.02. The van der Waals surface area contributed by atoms with E-state index in [0.29, 0.717) is 13.2 Å². The maximum atomic E-state index is 7.90. The topological polar surface area (TPSA) is 72.6 Å². The summed E-state index contributed by atoms with van der Waals surface area (Å²) in [6, 6.07) is 16.1. The molecule has 2 N–H and O–H groups in total. The van der Waals surface area contributed by atoms with Gasteiger partial charge in [-0.25, -0.2) is 0 Å². The molecule has 0 aromatic heterocycles. The molecule has 0 saturated carbocycles. The fraction of sp³-hybridized carbons (Fsp3) is 0.391. The van der Waals surface area contributed by atoms with Crippen LogP contribution >= 0.6 is 0 Å². The molecule has 3 rings (SSSR count). The van der Waals surface area contributed by atoms with Gasteiger partial charge in [-0.15, -0.1) is 0 Å². The number of ether oxygens (including phenoxy) is 2. The predicted molar refractivity (Wildman–Crippen MR) is 119 cm³/mol. The Morgan fingerprint density at radius 2 is 1.07 bits per heavy atom. The van der Waals surface area contributed by atoms with Crippen LogP contribution in [0.15, 0.2) is 48.5 Å². The standard InChI is InChI=1S/C23H30N4O2/c1-3-28-22(24)18-6-10-20(11-7-18)26-14-5-15-27(17-16-26)21-12-8-19(9-13-21)23(25)29-4-2/h6-13,24-25H,3-5,14-17H2,1-2H3. The van der Waals surface area contributed by atoms with E-state index in [0.717, 1.165) is 43.7 Å². The lowest BCUT2D eigenvalue weighted by atomic mass is 10.2. The first-order valence-electron chi connectivity index (χ1n) is 10.3. The van der Waals surface area contributed by atoms with Crippen LogP contribution in [0.1, 0.15) is 31.4 Å². The number of anilines is 2. The van der Waals surface area contributed by atoms with Crippen LogP contribution in [-0.4, -0.2) is 51.2 Å². The zero-order chi connectivity index (χ0) is 20.6. The Bertz CT molecular complexity index is 748. The van der Waals surface area contributed by atoms with Gasteiger partial charge in [0.25, 0.3) is 0 Å². The molecule has 0 radical (unpaired) electrons. The maximum Gasteiger partial charge on any atom is 0.213 e. The van der Waals surface area contributed by atoms with Crippen molar-refractivity contribution < 1.29 is 9.47 Å². The molecule has 6 nitrogen and oxygen atoms in total. The highest BCUT2D eigenvalue weighted by atomic mass is 16.5. The lowest BCUT2D eigenvalue weighted by Gasteiger charge is -2.25. The Labute approximate surface area is 173 Å². The van der Waals surface area contributed by atoms with E-state index in [9.17, 15) is 0 Å². The first-order chi connectivity index (χ1) is 14.1. The molecule has 1 heterocycles. The molecule has 1 aliphatic rings. The van der Waals surface area contributed by atoms with Gasteiger partial charge in [-0.3, -0.25) is 10.8 Å². The van der Waals surface area contributed by atoms with Gasteiger partial charge in [0.15, 0.2) is 0 Å². The lowest BCUT2D eigenvalue weighted by Crippen LogP contribution is -2.30. The van der Waals surface area contributed by atoms with Gasteiger partial charge in [0.05, 0.1) is 13.2 Å². The third kappa shape index (κ3) is 5.28. The van der Waals surface area contributed by atoms with Gasteiger partial charge in [-0.05, 0) is 68.8 Å². The SMILES string of the molecule is CCOC(=N)c1ccc(N2CCCN(c3ccc(C(=N)OCC)cc3)CC2)cc1. The van der Waals surface area contributed by atoms with Crippen LogP contribution in [0.3, 0.4) is 0 Å². The van der Waals surface area contributed by atoms with E-state index in [4.69, 9.17) is 20.3 Å². The van der Waals surface area contributed by atoms with E-state index in [-0.39, 0.29) is 11.8 Å². The molecule has 0 bridgehead atoms. The molecule has 154 valence electrons. The summed E-state index contributed by atoms with van der Waals surface area (Å²) in [5, 5.41) is 15.8. The van der Waals surface area contributed by atoms with Crippen LogP contribution in [0, 0.1) is 10.8 Å². The zero-order valence-electron chi connectivity index (χ0n) is 17.3. The van der Waals surface area contributed by atoms with Crippen molar-refractivity contribution in [2.24, 2.45) is 0 Å². The van der Waals surface area contributed by atoms with Crippen LogP contribution in [0.25, 0.3) is 0 Å². The van der Waals surface area contributed by atoms with Gasteiger partial charge in [0, 0.05) is 48.7 Å². The van der Waals surface area contributed by atoms with E-state index < -0.39 is 0 Å². The van der Waals surface area contributed by atoms with E-state index in [2.05, 4.69) is 34.1 Å². The van der Waals surface area contributed by atoms with E-state index in [1.165, 1.54) is 11.4 Å². The van der Waals surface area contributed by atoms with Gasteiger partial charge in [0.1, 0.15) is 0 Å². The lowest BCUT2D eigenvalue weighted by molar-refractivity contribution is 0.325. The molecule has 0 amide bonds. The van der Waals surface area contributed by atoms with Crippen molar-refractivity contribution in [3.63, 3.8) is 0 Å². The maximum absolute atomic E-state index is 7.90. The quantitative estimate of drug-likeness (QED) is 0.571. The molecule has 2 aromatic carbocycles. The number of benzene rings is 2. The minimum absolute atomic E-state index is 0.224. The summed E-state index contributed by atoms with van der Waals surface area (Å²) in [5.74, 6) is 0.448. The summed E-state index contributed by atoms with van der Waals surface area (Å²) in [7, 11) is 0. The van der Waals surface area contributed by atoms with Crippen molar-refractivity contribution in [3.8, 4) is 0 Å². The molecule has 0 aliphatic carbocycles. The predicted octanol–water partition coefficient (Wildman–Crippen LogP) is 4.13. The summed E-state index contributed by atoms with van der Waals surface area (Å²) in [6.07, 6.45) is 1.08. The van der Waals surface area contributed by atoms with Crippen molar-refractivity contribution >= 4 is 23.2 Å². The Balaban J connectivity index is 1.61. The number of rotatable bonds is 6. The van der Waals surface area contributed by atoms with Gasteiger partial charge in [0.2, 0.25) is 11.8 Å². The molecule has 0 unspecified atom stereocenters. The summed E-state index contributed by atoms with van der Waals surface area (Å²) in [5.41, 5.74) is 3.98. The van der Waals surface area contributed by atoms with Crippen molar-refractivity contribution in [2.75, 3.05) is 49.2 Å². The van der Waals surface area contributed by atoms with Crippen LogP contribution in [0.2, 0.25) is 0 Å². The van der Waals surface area contributed by atoms with Crippen LogP contribution in [-0.2, 0) is 9.47 Å². The molecule has 6 heteroatoms. The fourth-order valence-corrected chi connectivity index (χ4v) is 3.54. The summed E-state index contributed by atoms with van der Waals surface area (Å²) >= 11 is 0. The highest BCUT2D eigenvalue weighted by Crippen LogP contribution is 2.22. The minimum atomic E-state index is 0.224. The smallest absolute Gasteiger partial charge is 0.213 e. The largest absolute Gasteiger partial charge is 0.478 e. The molecule has 2 aromatic rings. The molecule has 29 heavy (non-hydrogen) atoms. The van der Waals surface area contributed by atoms with Crippen molar-refractivity contribution in [1.29, 1.82) is 10.8 Å². The highest BCUT2D eigenvalue weighted by Gasteiger charge is 2.16. The number of hydrogen-bond donors (Lipinski definition) is 2. The zero-order valence-corrected chi connectivity index (χ0v) is 17.3. The third-order valence-corrected chi connectivity index (χ3v) is 5.06.